The zero-order valence-electron chi connectivity index (χ0n) is 18.0. The van der Waals surface area contributed by atoms with Gasteiger partial charge < -0.3 is 4.74 Å². The van der Waals surface area contributed by atoms with Crippen molar-refractivity contribution in [3.63, 3.8) is 0 Å². The molecule has 4 rings (SSSR count). The monoisotopic (exact) mass is 404 g/mol. The molecule has 0 aliphatic heterocycles. The molecule has 1 nitrogen and oxygen atoms in total. The Kier molecular flexibility index (Phi) is 7.13. The molecule has 0 saturated heterocycles. The molecule has 0 radical (unpaired) electrons. The van der Waals surface area contributed by atoms with E-state index in [-0.39, 0.29) is 5.75 Å². The van der Waals surface area contributed by atoms with Crippen molar-refractivity contribution in [2.75, 3.05) is 0 Å². The lowest BCUT2D eigenvalue weighted by atomic mass is 9.60. The zero-order chi connectivity index (χ0) is 20.2. The van der Waals surface area contributed by atoms with E-state index in [0.29, 0.717) is 5.92 Å². The molecule has 162 valence electrons. The third-order valence-electron chi connectivity index (χ3n) is 8.49. The van der Waals surface area contributed by atoms with Crippen LogP contribution in [0.5, 0.6) is 5.75 Å². The Morgan fingerprint density at radius 1 is 0.793 bits per heavy atom. The second-order valence-electron chi connectivity index (χ2n) is 10.1. The van der Waals surface area contributed by atoms with Crippen molar-refractivity contribution in [3.8, 4) is 5.75 Å². The molecule has 1 aromatic carbocycles. The predicted octanol–water partition coefficient (Wildman–Crippen LogP) is 8.19. The molecule has 1 aromatic rings. The highest BCUT2D eigenvalue weighted by molar-refractivity contribution is 5.30. The molecule has 0 aromatic heterocycles. The highest BCUT2D eigenvalue weighted by Crippen LogP contribution is 2.51. The fourth-order valence-electron chi connectivity index (χ4n) is 6.93. The first-order chi connectivity index (χ1) is 14.1. The summed E-state index contributed by atoms with van der Waals surface area (Å²) < 4.78 is 29.2. The average molecular weight is 405 g/mol. The van der Waals surface area contributed by atoms with Crippen molar-refractivity contribution in [1.29, 1.82) is 0 Å². The summed E-state index contributed by atoms with van der Waals surface area (Å²) in [5, 5.41) is 0. The van der Waals surface area contributed by atoms with Gasteiger partial charge in [-0.15, -0.1) is 0 Å². The van der Waals surface area contributed by atoms with Crippen LogP contribution >= 0.6 is 0 Å². The van der Waals surface area contributed by atoms with Crippen LogP contribution in [0.4, 0.5) is 8.78 Å². The van der Waals surface area contributed by atoms with E-state index in [0.717, 1.165) is 29.6 Å². The van der Waals surface area contributed by atoms with Crippen molar-refractivity contribution >= 4 is 0 Å². The molecule has 0 N–H and O–H groups in total. The second kappa shape index (κ2) is 9.79. The van der Waals surface area contributed by atoms with Crippen LogP contribution in [-0.2, 0) is 0 Å². The molecule has 3 aliphatic rings. The number of hydrogen-bond donors (Lipinski definition) is 0. The van der Waals surface area contributed by atoms with Gasteiger partial charge in [0.25, 0.3) is 0 Å². The summed E-state index contributed by atoms with van der Waals surface area (Å²) in [4.78, 5) is 0. The Balaban J connectivity index is 1.27. The molecular formula is C26H38F2O. The van der Waals surface area contributed by atoms with E-state index >= 15 is 0 Å². The van der Waals surface area contributed by atoms with E-state index < -0.39 is 6.61 Å². The highest BCUT2D eigenvalue weighted by Gasteiger charge is 2.39. The maximum Gasteiger partial charge on any atom is 0.387 e. The summed E-state index contributed by atoms with van der Waals surface area (Å²) in [6.45, 7) is -0.414. The van der Waals surface area contributed by atoms with E-state index in [1.807, 2.05) is 12.1 Å². The largest absolute Gasteiger partial charge is 0.435 e. The Morgan fingerprint density at radius 3 is 2.03 bits per heavy atom. The smallest absolute Gasteiger partial charge is 0.387 e. The molecular weight excluding hydrogens is 366 g/mol. The normalized spacial score (nSPS) is 35.3. The fraction of sp³-hybridized carbons (Fsp3) is 0.769. The van der Waals surface area contributed by atoms with Crippen molar-refractivity contribution in [3.05, 3.63) is 29.8 Å². The third kappa shape index (κ3) is 5.33. The minimum absolute atomic E-state index is 0.270. The fourth-order valence-corrected chi connectivity index (χ4v) is 6.93. The van der Waals surface area contributed by atoms with Gasteiger partial charge in [-0.05, 0) is 105 Å². The van der Waals surface area contributed by atoms with E-state index in [1.165, 1.54) is 82.6 Å². The maximum atomic E-state index is 12.4. The number of alkyl halides is 2. The minimum Gasteiger partial charge on any atom is -0.435 e. The topological polar surface area (TPSA) is 9.23 Å². The van der Waals surface area contributed by atoms with Crippen LogP contribution in [0, 0.1) is 29.6 Å². The first-order valence-corrected chi connectivity index (χ1v) is 12.2. The Hall–Kier alpha value is -1.12. The number of hydrogen-bond acceptors (Lipinski definition) is 1. The standard InChI is InChI=1S/C26H38F2O/c1-2-3-18-4-6-19(7-5-18)21-8-10-24-17-22(9-11-23(24)16-21)20-12-14-25(15-13-20)29-26(27)28/h12-15,18-19,21-24,26H,2-11,16-17H2,1H3. The molecule has 0 heterocycles. The summed E-state index contributed by atoms with van der Waals surface area (Å²) >= 11 is 0. The van der Waals surface area contributed by atoms with Crippen LogP contribution < -0.4 is 4.74 Å². The number of fused-ring (bicyclic) bond motifs is 1. The molecule has 29 heavy (non-hydrogen) atoms. The average Bonchev–Trinajstić information content (AvgIpc) is 2.74. The van der Waals surface area contributed by atoms with Crippen LogP contribution in [0.3, 0.4) is 0 Å². The van der Waals surface area contributed by atoms with Gasteiger partial charge in [0.2, 0.25) is 0 Å². The summed E-state index contributed by atoms with van der Waals surface area (Å²) in [6.07, 6.45) is 17.0. The van der Waals surface area contributed by atoms with Crippen molar-refractivity contribution in [1.82, 2.24) is 0 Å². The van der Waals surface area contributed by atoms with Gasteiger partial charge in [-0.25, -0.2) is 0 Å². The van der Waals surface area contributed by atoms with Gasteiger partial charge >= 0.3 is 6.61 Å². The van der Waals surface area contributed by atoms with Crippen LogP contribution in [0.25, 0.3) is 0 Å². The predicted molar refractivity (Wildman–Crippen MR) is 114 cm³/mol. The molecule has 3 aliphatic carbocycles. The molecule has 0 spiro atoms. The summed E-state index contributed by atoms with van der Waals surface area (Å²) in [6, 6.07) is 7.42. The van der Waals surface area contributed by atoms with E-state index in [9.17, 15) is 8.78 Å². The molecule has 4 atom stereocenters. The first-order valence-electron chi connectivity index (χ1n) is 12.2. The molecule has 4 unspecified atom stereocenters. The van der Waals surface area contributed by atoms with Gasteiger partial charge in [0.1, 0.15) is 5.75 Å². The first kappa shape index (κ1) is 21.1. The van der Waals surface area contributed by atoms with Gasteiger partial charge in [0.05, 0.1) is 0 Å². The summed E-state index contributed by atoms with van der Waals surface area (Å²) in [7, 11) is 0. The van der Waals surface area contributed by atoms with E-state index in [4.69, 9.17) is 0 Å². The van der Waals surface area contributed by atoms with Gasteiger partial charge in [-0.2, -0.15) is 8.78 Å². The van der Waals surface area contributed by atoms with Crippen LogP contribution in [0.1, 0.15) is 95.5 Å². The van der Waals surface area contributed by atoms with Crippen LogP contribution in [-0.4, -0.2) is 6.61 Å². The number of ether oxygens (including phenoxy) is 1. The van der Waals surface area contributed by atoms with Gasteiger partial charge in [0.15, 0.2) is 0 Å². The van der Waals surface area contributed by atoms with Crippen molar-refractivity contribution < 1.29 is 13.5 Å². The Labute approximate surface area is 175 Å². The zero-order valence-corrected chi connectivity index (χ0v) is 18.0. The Bertz CT molecular complexity index is 620. The molecule has 0 amide bonds. The van der Waals surface area contributed by atoms with Crippen molar-refractivity contribution in [2.24, 2.45) is 29.6 Å². The quantitative estimate of drug-likeness (QED) is 0.464. The lowest BCUT2D eigenvalue weighted by Crippen LogP contribution is -2.34. The van der Waals surface area contributed by atoms with Gasteiger partial charge in [0, 0.05) is 0 Å². The second-order valence-corrected chi connectivity index (χ2v) is 10.1. The minimum atomic E-state index is -2.74. The molecule has 0 bridgehead atoms. The number of benzene rings is 1. The maximum absolute atomic E-state index is 12.4. The van der Waals surface area contributed by atoms with Crippen LogP contribution in [0.2, 0.25) is 0 Å². The van der Waals surface area contributed by atoms with Gasteiger partial charge in [-0.1, -0.05) is 44.7 Å². The lowest BCUT2D eigenvalue weighted by molar-refractivity contribution is -0.0498. The third-order valence-corrected chi connectivity index (χ3v) is 8.49. The molecule has 3 heteroatoms. The molecule has 3 saturated carbocycles. The van der Waals surface area contributed by atoms with Crippen LogP contribution in [0.15, 0.2) is 24.3 Å². The lowest BCUT2D eigenvalue weighted by Gasteiger charge is -2.45. The number of halogens is 2. The highest BCUT2D eigenvalue weighted by atomic mass is 19.3. The summed E-state index contributed by atoms with van der Waals surface area (Å²) in [5.41, 5.74) is 1.31. The van der Waals surface area contributed by atoms with Crippen molar-refractivity contribution in [2.45, 2.75) is 96.5 Å². The van der Waals surface area contributed by atoms with E-state index in [2.05, 4.69) is 11.7 Å². The number of rotatable bonds is 6. The van der Waals surface area contributed by atoms with E-state index in [1.54, 1.807) is 12.1 Å². The Morgan fingerprint density at radius 2 is 1.38 bits per heavy atom. The molecule has 3 fully saturated rings. The SMILES string of the molecule is CCCC1CCC(C2CCC3CC(c4ccc(OC(F)F)cc4)CCC3C2)CC1. The summed E-state index contributed by atoms with van der Waals surface area (Å²) in [5.74, 6) is 5.67. The van der Waals surface area contributed by atoms with Gasteiger partial charge in [-0.3, -0.25) is 0 Å².